The molecule has 0 bridgehead atoms. The maximum Gasteiger partial charge on any atom is 0.0544 e. The second-order valence-electron chi connectivity index (χ2n) is 22.2. The molecule has 0 fully saturated rings. The Morgan fingerprint density at radius 1 is 0.407 bits per heavy atom. The van der Waals surface area contributed by atoms with Gasteiger partial charge in [0.15, 0.2) is 0 Å². The maximum absolute atomic E-state index is 4.55. The number of rotatable bonds is 10. The highest BCUT2D eigenvalue weighted by Crippen LogP contribution is 2.54. The standard InChI is InChI=1S/C77H58N4/c1-6-7-12-23-51(3)78-71-33-22-21-32-60(71)65-45-59(37-41-72(65)78)81-74-39-35-55(53-26-15-9-16-27-53)44-64(74)67-47-62-61-46-66-63-43-54(52-24-13-8-14-25-52)34-38-73(63)80(75(66)48-68(61)77(4,5)69(62)49-76(67)81)58-36-40-70(50(2)42-58)79(56-28-17-10-18-29-56)57-30-19-11-20-31-57/h6-49H,3H2,1-2,4-5H3/b7-6-,23-12-. The predicted molar refractivity (Wildman–Crippen MR) is 345 cm³/mol. The molecular formula is C77H58N4. The molecule has 0 aliphatic heterocycles. The number of aryl methyl sites for hydroxylation is 1. The van der Waals surface area contributed by atoms with Gasteiger partial charge >= 0.3 is 0 Å². The minimum atomic E-state index is -0.329. The summed E-state index contributed by atoms with van der Waals surface area (Å²) in [5.41, 5.74) is 24.5. The SMILES string of the molecule is C=C(/C=C\C=C/C)n1c2ccccc2c2cc(-n3c4ccc(-c5ccccc5)cc4c4cc5c(cc43)C(C)(C)c3cc4c(cc3-5)c3cc(-c5ccccc5)ccc3n4-c3ccc(N(c4ccccc4)c4ccccc4)c(C)c3)ccc21. The molecule has 0 atom stereocenters. The van der Waals surface area contributed by atoms with Gasteiger partial charge in [0.25, 0.3) is 0 Å². The van der Waals surface area contributed by atoms with Crippen molar-refractivity contribution in [2.45, 2.75) is 33.1 Å². The summed E-state index contributed by atoms with van der Waals surface area (Å²) in [5, 5.41) is 7.33. The molecule has 0 saturated carbocycles. The van der Waals surface area contributed by atoms with E-state index in [9.17, 15) is 0 Å². The van der Waals surface area contributed by atoms with Crippen LogP contribution in [0, 0.1) is 6.92 Å². The van der Waals surface area contributed by atoms with Gasteiger partial charge in [0.05, 0.1) is 33.1 Å². The fourth-order valence-electron chi connectivity index (χ4n) is 13.3. The van der Waals surface area contributed by atoms with Crippen molar-refractivity contribution in [3.05, 3.63) is 290 Å². The summed E-state index contributed by atoms with van der Waals surface area (Å²) in [6.45, 7) is 13.7. The zero-order chi connectivity index (χ0) is 54.5. The largest absolute Gasteiger partial charge is 0.310 e. The monoisotopic (exact) mass is 1040 g/mol. The molecule has 386 valence electrons. The lowest BCUT2D eigenvalue weighted by molar-refractivity contribution is 0.661. The van der Waals surface area contributed by atoms with Crippen LogP contribution in [-0.2, 0) is 5.41 Å². The molecule has 4 heteroatoms. The third-order valence-corrected chi connectivity index (χ3v) is 17.2. The van der Waals surface area contributed by atoms with E-state index in [1.165, 1.54) is 104 Å². The lowest BCUT2D eigenvalue weighted by Crippen LogP contribution is -2.15. The van der Waals surface area contributed by atoms with Crippen LogP contribution in [0.25, 0.3) is 116 Å². The Morgan fingerprint density at radius 2 is 0.864 bits per heavy atom. The van der Waals surface area contributed by atoms with Crippen LogP contribution >= 0.6 is 0 Å². The first kappa shape index (κ1) is 48.0. The van der Waals surface area contributed by atoms with E-state index in [1.807, 2.05) is 13.0 Å². The average molecular weight is 1040 g/mol. The highest BCUT2D eigenvalue weighted by molar-refractivity contribution is 6.17. The van der Waals surface area contributed by atoms with E-state index < -0.39 is 0 Å². The highest BCUT2D eigenvalue weighted by Gasteiger charge is 2.38. The smallest absolute Gasteiger partial charge is 0.0544 e. The van der Waals surface area contributed by atoms with E-state index in [0.29, 0.717) is 0 Å². The number of allylic oxidation sites excluding steroid dienone is 5. The number of benzene rings is 11. The second kappa shape index (κ2) is 18.8. The van der Waals surface area contributed by atoms with Crippen LogP contribution in [0.3, 0.4) is 0 Å². The average Bonchev–Trinajstić information content (AvgIpc) is 3.89. The minimum Gasteiger partial charge on any atom is -0.310 e. The predicted octanol–water partition coefficient (Wildman–Crippen LogP) is 21.0. The molecule has 1 aliphatic carbocycles. The summed E-state index contributed by atoms with van der Waals surface area (Å²) in [6, 6.07) is 89.8. The lowest BCUT2D eigenvalue weighted by atomic mass is 9.82. The van der Waals surface area contributed by atoms with Gasteiger partial charge in [-0.15, -0.1) is 0 Å². The Hall–Kier alpha value is -10.2. The van der Waals surface area contributed by atoms with Crippen molar-refractivity contribution in [2.24, 2.45) is 0 Å². The molecule has 0 saturated heterocycles. The van der Waals surface area contributed by atoms with E-state index in [4.69, 9.17) is 0 Å². The minimum absolute atomic E-state index is 0.329. The van der Waals surface area contributed by atoms with Crippen molar-refractivity contribution >= 4 is 88.2 Å². The summed E-state index contributed by atoms with van der Waals surface area (Å²) < 4.78 is 7.31. The number of anilines is 3. The number of hydrogen-bond donors (Lipinski definition) is 0. The van der Waals surface area contributed by atoms with Gasteiger partial charge in [-0.05, 0) is 185 Å². The lowest BCUT2D eigenvalue weighted by Gasteiger charge is -2.27. The van der Waals surface area contributed by atoms with Crippen molar-refractivity contribution in [1.82, 2.24) is 13.7 Å². The Balaban J connectivity index is 0.950. The summed E-state index contributed by atoms with van der Waals surface area (Å²) in [4.78, 5) is 2.36. The van der Waals surface area contributed by atoms with Gasteiger partial charge in [0, 0.05) is 71.9 Å². The molecule has 14 aromatic rings. The first-order valence-corrected chi connectivity index (χ1v) is 28.1. The molecule has 3 heterocycles. The number of nitrogens with zero attached hydrogens (tertiary/aromatic N) is 4. The molecule has 1 aliphatic rings. The number of hydrogen-bond acceptors (Lipinski definition) is 1. The van der Waals surface area contributed by atoms with Crippen LogP contribution in [0.1, 0.15) is 37.5 Å². The van der Waals surface area contributed by atoms with Crippen molar-refractivity contribution in [2.75, 3.05) is 4.90 Å². The van der Waals surface area contributed by atoms with Crippen LogP contribution in [0.4, 0.5) is 17.1 Å². The van der Waals surface area contributed by atoms with Crippen molar-refractivity contribution in [3.63, 3.8) is 0 Å². The van der Waals surface area contributed by atoms with Gasteiger partial charge in [0.2, 0.25) is 0 Å². The zero-order valence-electron chi connectivity index (χ0n) is 45.9. The molecule has 4 nitrogen and oxygen atoms in total. The first-order chi connectivity index (χ1) is 39.7. The summed E-state index contributed by atoms with van der Waals surface area (Å²) in [7, 11) is 0. The van der Waals surface area contributed by atoms with Crippen molar-refractivity contribution < 1.29 is 0 Å². The van der Waals surface area contributed by atoms with Crippen LogP contribution in [0.15, 0.2) is 274 Å². The second-order valence-corrected chi connectivity index (χ2v) is 22.2. The van der Waals surface area contributed by atoms with E-state index in [2.05, 4.69) is 307 Å². The Labute approximate surface area is 472 Å². The molecule has 15 rings (SSSR count). The topological polar surface area (TPSA) is 18.0 Å². The van der Waals surface area contributed by atoms with E-state index in [1.54, 1.807) is 0 Å². The Morgan fingerprint density at radius 3 is 1.41 bits per heavy atom. The van der Waals surface area contributed by atoms with Gasteiger partial charge < -0.3 is 18.6 Å². The van der Waals surface area contributed by atoms with Crippen molar-refractivity contribution in [1.29, 1.82) is 0 Å². The van der Waals surface area contributed by atoms with E-state index >= 15 is 0 Å². The molecule has 0 amide bonds. The summed E-state index contributed by atoms with van der Waals surface area (Å²) in [6.07, 6.45) is 8.25. The Kier molecular flexibility index (Phi) is 11.1. The third kappa shape index (κ3) is 7.59. The van der Waals surface area contributed by atoms with Crippen LogP contribution < -0.4 is 4.90 Å². The number of para-hydroxylation sites is 3. The van der Waals surface area contributed by atoms with E-state index in [-0.39, 0.29) is 5.41 Å². The molecule has 0 spiro atoms. The Bertz CT molecular complexity index is 4870. The summed E-state index contributed by atoms with van der Waals surface area (Å²) >= 11 is 0. The van der Waals surface area contributed by atoms with Gasteiger partial charge in [-0.25, -0.2) is 0 Å². The molecule has 11 aromatic carbocycles. The fourth-order valence-corrected chi connectivity index (χ4v) is 13.3. The van der Waals surface area contributed by atoms with Crippen LogP contribution in [0.5, 0.6) is 0 Å². The quantitative estimate of drug-likeness (QED) is 0.125. The van der Waals surface area contributed by atoms with Crippen LogP contribution in [0.2, 0.25) is 0 Å². The van der Waals surface area contributed by atoms with Gasteiger partial charge in [-0.3, -0.25) is 0 Å². The zero-order valence-corrected chi connectivity index (χ0v) is 45.9. The first-order valence-electron chi connectivity index (χ1n) is 28.1. The third-order valence-electron chi connectivity index (χ3n) is 17.2. The maximum atomic E-state index is 4.55. The fraction of sp³-hybridized carbons (Fsp3) is 0.0649. The molecule has 0 radical (unpaired) electrons. The molecule has 0 unspecified atom stereocenters. The van der Waals surface area contributed by atoms with Crippen LogP contribution in [-0.4, -0.2) is 13.7 Å². The van der Waals surface area contributed by atoms with Gasteiger partial charge in [-0.2, -0.15) is 0 Å². The van der Waals surface area contributed by atoms with Crippen molar-refractivity contribution in [3.8, 4) is 44.8 Å². The van der Waals surface area contributed by atoms with Gasteiger partial charge in [-0.1, -0.05) is 166 Å². The molecular weight excluding hydrogens is 981 g/mol. The van der Waals surface area contributed by atoms with E-state index in [0.717, 1.165) is 45.2 Å². The normalized spacial score (nSPS) is 13.0. The molecule has 3 aromatic heterocycles. The number of fused-ring (bicyclic) bond motifs is 12. The summed E-state index contributed by atoms with van der Waals surface area (Å²) in [5.74, 6) is 0. The molecule has 81 heavy (non-hydrogen) atoms. The molecule has 0 N–H and O–H groups in total. The highest BCUT2D eigenvalue weighted by atomic mass is 15.1. The number of aromatic nitrogens is 3. The van der Waals surface area contributed by atoms with Gasteiger partial charge in [0.1, 0.15) is 0 Å².